The fourth-order valence-corrected chi connectivity index (χ4v) is 2.05. The van der Waals surface area contributed by atoms with Crippen LogP contribution in [-0.4, -0.2) is 17.9 Å². The molecule has 0 unspecified atom stereocenters. The number of hydrogen-bond acceptors (Lipinski definition) is 4. The van der Waals surface area contributed by atoms with Gasteiger partial charge in [0.1, 0.15) is 5.76 Å². The molecule has 2 aliphatic heterocycles. The Morgan fingerprint density at radius 3 is 3.00 bits per heavy atom. The van der Waals surface area contributed by atoms with E-state index in [0.717, 1.165) is 18.5 Å². The van der Waals surface area contributed by atoms with Crippen molar-refractivity contribution in [2.24, 2.45) is 0 Å². The predicted molar refractivity (Wildman–Crippen MR) is 55.0 cm³/mol. The highest BCUT2D eigenvalue weighted by molar-refractivity contribution is 5.43. The third kappa shape index (κ3) is 2.01. The van der Waals surface area contributed by atoms with E-state index in [1.54, 1.807) is 0 Å². The summed E-state index contributed by atoms with van der Waals surface area (Å²) in [6.45, 7) is 0.803. The highest BCUT2D eigenvalue weighted by atomic mass is 19.4. The smallest absolute Gasteiger partial charge is 0.441 e. The van der Waals surface area contributed by atoms with Gasteiger partial charge < -0.3 is 14.8 Å². The molecule has 7 heteroatoms. The molecule has 0 saturated heterocycles. The van der Waals surface area contributed by atoms with E-state index < -0.39 is 12.2 Å². The van der Waals surface area contributed by atoms with Gasteiger partial charge in [-0.3, -0.25) is 0 Å². The van der Waals surface area contributed by atoms with Gasteiger partial charge >= 0.3 is 6.36 Å². The zero-order valence-corrected chi connectivity index (χ0v) is 9.12. The van der Waals surface area contributed by atoms with E-state index in [1.165, 1.54) is 12.1 Å². The van der Waals surface area contributed by atoms with Gasteiger partial charge in [0.25, 0.3) is 0 Å². The van der Waals surface area contributed by atoms with Crippen LogP contribution < -0.4 is 14.8 Å². The van der Waals surface area contributed by atoms with Gasteiger partial charge in [-0.05, 0) is 25.1 Å². The number of nitrogens with one attached hydrogen (secondary N) is 1. The molecule has 96 valence electrons. The van der Waals surface area contributed by atoms with Crippen LogP contribution in [0.15, 0.2) is 24.0 Å². The third-order valence-corrected chi connectivity index (χ3v) is 2.73. The Labute approximate surface area is 100 Å². The molecule has 1 N–H and O–H groups in total. The van der Waals surface area contributed by atoms with Crippen molar-refractivity contribution in [1.29, 1.82) is 0 Å². The molecule has 2 aliphatic rings. The van der Waals surface area contributed by atoms with Gasteiger partial charge in [0.05, 0.1) is 6.04 Å². The summed E-state index contributed by atoms with van der Waals surface area (Å²) in [5.74, 6) is 0.343. The van der Waals surface area contributed by atoms with Gasteiger partial charge in [0.15, 0.2) is 0 Å². The number of hydrogen-bond donors (Lipinski definition) is 1. The Kier molecular flexibility index (Phi) is 2.44. The van der Waals surface area contributed by atoms with E-state index >= 15 is 0 Å². The lowest BCUT2D eigenvalue weighted by atomic mass is 10.1. The Hall–Kier alpha value is -1.76. The van der Waals surface area contributed by atoms with E-state index in [9.17, 15) is 13.2 Å². The van der Waals surface area contributed by atoms with E-state index in [-0.39, 0.29) is 11.9 Å². The number of fused-ring (bicyclic) bond motifs is 3. The second kappa shape index (κ2) is 3.88. The van der Waals surface area contributed by atoms with Crippen molar-refractivity contribution in [3.05, 3.63) is 29.5 Å². The Bertz CT molecular complexity index is 514. The summed E-state index contributed by atoms with van der Waals surface area (Å²) in [6.07, 6.45) is -2.01. The van der Waals surface area contributed by atoms with Crippen LogP contribution in [0.1, 0.15) is 18.0 Å². The Morgan fingerprint density at radius 1 is 1.39 bits per heavy atom. The lowest BCUT2D eigenvalue weighted by Crippen LogP contribution is -2.25. The monoisotopic (exact) mass is 258 g/mol. The van der Waals surface area contributed by atoms with Crippen LogP contribution in [0.2, 0.25) is 0 Å². The first kappa shape index (κ1) is 11.3. The van der Waals surface area contributed by atoms with Gasteiger partial charge in [-0.2, -0.15) is 4.98 Å². The average molecular weight is 258 g/mol. The van der Waals surface area contributed by atoms with E-state index in [2.05, 4.69) is 15.0 Å². The van der Waals surface area contributed by atoms with Gasteiger partial charge in [0.2, 0.25) is 11.8 Å². The molecule has 1 aromatic rings. The van der Waals surface area contributed by atoms with Crippen molar-refractivity contribution in [2.45, 2.75) is 18.8 Å². The van der Waals surface area contributed by atoms with E-state index in [1.807, 2.05) is 6.08 Å². The highest BCUT2D eigenvalue weighted by Crippen LogP contribution is 2.40. The Balaban J connectivity index is 1.90. The largest absolute Gasteiger partial charge is 0.574 e. The molecule has 0 bridgehead atoms. The van der Waals surface area contributed by atoms with E-state index in [0.29, 0.717) is 5.76 Å². The molecule has 0 radical (unpaired) electrons. The maximum Gasteiger partial charge on any atom is 0.574 e. The number of aromatic nitrogens is 1. The van der Waals surface area contributed by atoms with Crippen LogP contribution in [0, 0.1) is 0 Å². The molecule has 0 aromatic carbocycles. The maximum absolute atomic E-state index is 12.1. The minimum absolute atomic E-state index is 0.110. The molecule has 0 amide bonds. The van der Waals surface area contributed by atoms with Crippen molar-refractivity contribution < 1.29 is 22.6 Å². The first-order valence-corrected chi connectivity index (χ1v) is 5.41. The number of rotatable bonds is 1. The fraction of sp³-hybridized carbons (Fsp3) is 0.364. The number of ether oxygens (including phenoxy) is 2. The normalized spacial score (nSPS) is 21.7. The maximum atomic E-state index is 12.1. The van der Waals surface area contributed by atoms with Gasteiger partial charge in [-0.15, -0.1) is 13.2 Å². The van der Waals surface area contributed by atoms with Crippen molar-refractivity contribution in [1.82, 2.24) is 10.3 Å². The number of halogens is 3. The summed E-state index contributed by atoms with van der Waals surface area (Å²) in [5.41, 5.74) is 0.732. The molecule has 0 spiro atoms. The summed E-state index contributed by atoms with van der Waals surface area (Å²) >= 11 is 0. The van der Waals surface area contributed by atoms with Crippen molar-refractivity contribution >= 4 is 0 Å². The van der Waals surface area contributed by atoms with Crippen molar-refractivity contribution in [2.75, 3.05) is 6.54 Å². The topological polar surface area (TPSA) is 43.4 Å². The lowest BCUT2D eigenvalue weighted by Gasteiger charge is -2.16. The first-order valence-electron chi connectivity index (χ1n) is 5.41. The number of alkyl halides is 3. The molecule has 4 nitrogen and oxygen atoms in total. The van der Waals surface area contributed by atoms with Crippen molar-refractivity contribution in [3.8, 4) is 11.8 Å². The van der Waals surface area contributed by atoms with Crippen LogP contribution in [-0.2, 0) is 0 Å². The van der Waals surface area contributed by atoms with Crippen molar-refractivity contribution in [3.63, 3.8) is 0 Å². The second-order valence-electron chi connectivity index (χ2n) is 3.98. The van der Waals surface area contributed by atoms with Crippen LogP contribution >= 0.6 is 0 Å². The molecule has 0 fully saturated rings. The summed E-state index contributed by atoms with van der Waals surface area (Å²) in [4.78, 5) is 3.72. The molecule has 3 heterocycles. The quantitative estimate of drug-likeness (QED) is 0.839. The van der Waals surface area contributed by atoms with Crippen LogP contribution in [0.5, 0.6) is 11.8 Å². The molecule has 1 atom stereocenters. The molecule has 0 saturated carbocycles. The Morgan fingerprint density at radius 2 is 2.22 bits per heavy atom. The lowest BCUT2D eigenvalue weighted by molar-refractivity contribution is -0.276. The SMILES string of the molecule is FC(F)(F)Oc1ccc2c(n1)OC1=CCCN[C@H]12. The van der Waals surface area contributed by atoms with Crippen LogP contribution in [0.3, 0.4) is 0 Å². The number of pyridine rings is 1. The standard InChI is InChI=1S/C11H9F3N2O2/c12-11(13,14)18-8-4-3-6-9-7(2-1-5-15-9)17-10(6)16-8/h2-4,9,15H,1,5H2/t9-/m0/s1. The molecular weight excluding hydrogens is 249 g/mol. The van der Waals surface area contributed by atoms with E-state index in [4.69, 9.17) is 4.74 Å². The van der Waals surface area contributed by atoms with Gasteiger partial charge in [0, 0.05) is 11.6 Å². The fourth-order valence-electron chi connectivity index (χ4n) is 2.05. The first-order chi connectivity index (χ1) is 8.53. The summed E-state index contributed by atoms with van der Waals surface area (Å²) < 4.78 is 45.3. The number of nitrogens with zero attached hydrogens (tertiary/aromatic N) is 1. The molecular formula is C11H9F3N2O2. The zero-order chi connectivity index (χ0) is 12.8. The third-order valence-electron chi connectivity index (χ3n) is 2.73. The van der Waals surface area contributed by atoms with Gasteiger partial charge in [-0.25, -0.2) is 0 Å². The predicted octanol–water partition coefficient (Wildman–Crippen LogP) is 2.29. The molecule has 0 aliphatic carbocycles. The highest BCUT2D eigenvalue weighted by Gasteiger charge is 2.35. The summed E-state index contributed by atoms with van der Waals surface area (Å²) in [5, 5.41) is 3.21. The average Bonchev–Trinajstić information content (AvgIpc) is 2.64. The minimum Gasteiger partial charge on any atom is -0.441 e. The summed E-state index contributed by atoms with van der Waals surface area (Å²) in [7, 11) is 0. The minimum atomic E-state index is -4.75. The van der Waals surface area contributed by atoms with Gasteiger partial charge in [-0.1, -0.05) is 0 Å². The molecule has 3 rings (SSSR count). The molecule has 18 heavy (non-hydrogen) atoms. The summed E-state index contributed by atoms with van der Waals surface area (Å²) in [6, 6.07) is 2.61. The van der Waals surface area contributed by atoms with Crippen LogP contribution in [0.4, 0.5) is 13.2 Å². The second-order valence-corrected chi connectivity index (χ2v) is 3.98. The zero-order valence-electron chi connectivity index (χ0n) is 9.12. The molecule has 1 aromatic heterocycles. The van der Waals surface area contributed by atoms with Crippen LogP contribution in [0.25, 0.3) is 0 Å².